The number of anilines is 1. The molecule has 7 nitrogen and oxygen atoms in total. The van der Waals surface area contributed by atoms with Crippen LogP contribution >= 0.6 is 0 Å². The van der Waals surface area contributed by atoms with Crippen LogP contribution in [0.25, 0.3) is 0 Å². The van der Waals surface area contributed by atoms with Gasteiger partial charge in [-0.3, -0.25) is 4.90 Å². The number of aliphatic hydroxyl groups is 4. The molecule has 0 aromatic heterocycles. The zero-order valence-electron chi connectivity index (χ0n) is 15.2. The van der Waals surface area contributed by atoms with Gasteiger partial charge >= 0.3 is 6.36 Å². The second-order valence-corrected chi connectivity index (χ2v) is 7.37. The zero-order valence-corrected chi connectivity index (χ0v) is 15.2. The lowest BCUT2D eigenvalue weighted by molar-refractivity contribution is -0.274. The molecule has 0 bridgehead atoms. The minimum Gasteiger partial charge on any atom is -0.404 e. The van der Waals surface area contributed by atoms with Gasteiger partial charge in [-0.15, -0.1) is 13.2 Å². The Morgan fingerprint density at radius 1 is 1.07 bits per heavy atom. The second kappa shape index (κ2) is 8.42. The van der Waals surface area contributed by atoms with E-state index in [9.17, 15) is 33.6 Å². The Labute approximate surface area is 160 Å². The summed E-state index contributed by atoms with van der Waals surface area (Å²) in [5.74, 6) is -0.196. The summed E-state index contributed by atoms with van der Waals surface area (Å²) in [6.45, 7) is 1.18. The molecule has 10 heteroatoms. The van der Waals surface area contributed by atoms with Gasteiger partial charge in [-0.25, -0.2) is 0 Å². The Morgan fingerprint density at radius 3 is 2.46 bits per heavy atom. The molecular weight excluding hydrogens is 381 g/mol. The molecule has 0 spiro atoms. The van der Waals surface area contributed by atoms with Crippen LogP contribution in [0.1, 0.15) is 6.42 Å². The van der Waals surface area contributed by atoms with Crippen molar-refractivity contribution in [2.45, 2.75) is 37.1 Å². The first-order valence-electron chi connectivity index (χ1n) is 9.18. The quantitative estimate of drug-likeness (QED) is 0.554. The fourth-order valence-corrected chi connectivity index (χ4v) is 4.05. The maximum absolute atomic E-state index is 12.6. The van der Waals surface area contributed by atoms with E-state index in [1.165, 1.54) is 12.1 Å². The molecule has 0 unspecified atom stereocenters. The Morgan fingerprint density at radius 2 is 1.79 bits per heavy atom. The van der Waals surface area contributed by atoms with Gasteiger partial charge in [0.05, 0.1) is 24.4 Å². The van der Waals surface area contributed by atoms with Gasteiger partial charge in [0.1, 0.15) is 12.2 Å². The van der Waals surface area contributed by atoms with Crippen LogP contribution in [0.15, 0.2) is 24.3 Å². The topological polar surface area (TPSA) is 96.6 Å². The summed E-state index contributed by atoms with van der Waals surface area (Å²) in [7, 11) is 0. The van der Waals surface area contributed by atoms with Crippen LogP contribution < -0.4 is 9.64 Å². The highest BCUT2D eigenvalue weighted by Crippen LogP contribution is 2.36. The summed E-state index contributed by atoms with van der Waals surface area (Å²) in [6, 6.07) is 5.27. The minimum absolute atomic E-state index is 0.0580. The summed E-state index contributed by atoms with van der Waals surface area (Å²) in [6.07, 6.45) is -7.79. The molecule has 0 radical (unpaired) electrons. The van der Waals surface area contributed by atoms with E-state index in [4.69, 9.17) is 0 Å². The molecule has 28 heavy (non-hydrogen) atoms. The number of benzene rings is 1. The van der Waals surface area contributed by atoms with Gasteiger partial charge in [-0.05, 0) is 24.5 Å². The molecule has 2 saturated heterocycles. The number of hydrogen-bond donors (Lipinski definition) is 4. The molecule has 2 aliphatic heterocycles. The monoisotopic (exact) mass is 406 g/mol. The van der Waals surface area contributed by atoms with Gasteiger partial charge < -0.3 is 30.1 Å². The van der Waals surface area contributed by atoms with Crippen molar-refractivity contribution in [3.05, 3.63) is 24.3 Å². The Balaban J connectivity index is 1.66. The Bertz CT molecular complexity index is 662. The predicted molar refractivity (Wildman–Crippen MR) is 93.9 cm³/mol. The molecule has 0 saturated carbocycles. The van der Waals surface area contributed by atoms with Crippen molar-refractivity contribution in [1.29, 1.82) is 0 Å². The van der Waals surface area contributed by atoms with Gasteiger partial charge in [0.15, 0.2) is 5.75 Å². The van der Waals surface area contributed by atoms with Gasteiger partial charge in [-0.2, -0.15) is 0 Å². The highest BCUT2D eigenvalue weighted by molar-refractivity contribution is 5.59. The highest BCUT2D eigenvalue weighted by Gasteiger charge is 2.42. The summed E-state index contributed by atoms with van der Waals surface area (Å²) in [5.41, 5.74) is 0.357. The number of piperidine rings is 1. The number of nitrogens with zero attached hydrogens (tertiary/aromatic N) is 2. The molecule has 158 valence electrons. The first kappa shape index (κ1) is 21.1. The summed E-state index contributed by atoms with van der Waals surface area (Å²) >= 11 is 0. The predicted octanol–water partition coefficient (Wildman–Crippen LogP) is 0.171. The maximum Gasteiger partial charge on any atom is 0.573 e. The lowest BCUT2D eigenvalue weighted by Gasteiger charge is -2.44. The number of para-hydroxylation sites is 2. The van der Waals surface area contributed by atoms with Crippen molar-refractivity contribution in [2.24, 2.45) is 5.92 Å². The average Bonchev–Trinajstić information content (AvgIpc) is 3.07. The molecule has 4 N–H and O–H groups in total. The highest BCUT2D eigenvalue weighted by atomic mass is 19.4. The number of likely N-dealkylation sites (tertiary alicyclic amines) is 1. The van der Waals surface area contributed by atoms with E-state index in [1.54, 1.807) is 17.0 Å². The normalized spacial score (nSPS) is 32.0. The van der Waals surface area contributed by atoms with Gasteiger partial charge in [0.25, 0.3) is 0 Å². The van der Waals surface area contributed by atoms with Crippen molar-refractivity contribution in [1.82, 2.24) is 4.90 Å². The van der Waals surface area contributed by atoms with Crippen LogP contribution in [0.3, 0.4) is 0 Å². The van der Waals surface area contributed by atoms with Crippen LogP contribution in [0, 0.1) is 5.92 Å². The number of alkyl halides is 3. The van der Waals surface area contributed by atoms with Gasteiger partial charge in [-0.1, -0.05) is 12.1 Å². The van der Waals surface area contributed by atoms with E-state index in [0.717, 1.165) is 0 Å². The van der Waals surface area contributed by atoms with E-state index >= 15 is 0 Å². The first-order valence-corrected chi connectivity index (χ1v) is 9.18. The molecule has 1 aromatic carbocycles. The van der Waals surface area contributed by atoms with Crippen LogP contribution in [-0.4, -0.2) is 88.8 Å². The van der Waals surface area contributed by atoms with E-state index < -0.39 is 30.7 Å². The standard InChI is InChI=1S/C18H25F3N2O5/c19-18(20,21)28-15-4-2-1-3-12(15)22-6-5-11(7-22)8-23-9-14(25)17(27)16(26)13(23)10-24/h1-4,11,13-14,16-17,24-27H,5-10H2/t11-,13+,14-,16+,17+/m0/s1. The fourth-order valence-electron chi connectivity index (χ4n) is 4.05. The third-order valence-corrected chi connectivity index (χ3v) is 5.43. The van der Waals surface area contributed by atoms with Crippen molar-refractivity contribution in [3.8, 4) is 5.75 Å². The van der Waals surface area contributed by atoms with Crippen molar-refractivity contribution in [3.63, 3.8) is 0 Å². The van der Waals surface area contributed by atoms with E-state index in [1.807, 2.05) is 4.90 Å². The third-order valence-electron chi connectivity index (χ3n) is 5.43. The van der Waals surface area contributed by atoms with Gasteiger partial charge in [0, 0.05) is 26.2 Å². The summed E-state index contributed by atoms with van der Waals surface area (Å²) in [4.78, 5) is 3.54. The molecule has 5 atom stereocenters. The van der Waals surface area contributed by atoms with E-state index in [0.29, 0.717) is 31.7 Å². The SMILES string of the molecule is OC[C@@H]1[C@@H](O)[C@H](O)[C@@H](O)CN1C[C@H]1CCN(c2ccccc2OC(F)(F)F)C1. The Kier molecular flexibility index (Phi) is 6.35. The third kappa shape index (κ3) is 4.69. The number of halogens is 3. The maximum atomic E-state index is 12.6. The fraction of sp³-hybridized carbons (Fsp3) is 0.667. The second-order valence-electron chi connectivity index (χ2n) is 7.37. The van der Waals surface area contributed by atoms with E-state index in [-0.39, 0.29) is 24.8 Å². The number of β-amino-alcohol motifs (C(OH)–C–C–N with tert-alkyl or cyclic N) is 1. The van der Waals surface area contributed by atoms with E-state index in [2.05, 4.69) is 4.74 Å². The zero-order chi connectivity index (χ0) is 20.5. The number of rotatable bonds is 5. The molecule has 2 aliphatic rings. The summed E-state index contributed by atoms with van der Waals surface area (Å²) < 4.78 is 42.1. The first-order chi connectivity index (χ1) is 13.2. The largest absolute Gasteiger partial charge is 0.573 e. The van der Waals surface area contributed by atoms with Crippen LogP contribution in [-0.2, 0) is 0 Å². The van der Waals surface area contributed by atoms with Crippen molar-refractivity contribution in [2.75, 3.05) is 37.7 Å². The minimum atomic E-state index is -4.77. The van der Waals surface area contributed by atoms with Crippen LogP contribution in [0.2, 0.25) is 0 Å². The lowest BCUT2D eigenvalue weighted by Crippen LogP contribution is -2.63. The molecular formula is C18H25F3N2O5. The Hall–Kier alpha value is -1.59. The lowest BCUT2D eigenvalue weighted by atomic mass is 9.93. The van der Waals surface area contributed by atoms with Crippen molar-refractivity contribution >= 4 is 5.69 Å². The molecule has 0 amide bonds. The number of hydrogen-bond acceptors (Lipinski definition) is 7. The van der Waals surface area contributed by atoms with Crippen LogP contribution in [0.5, 0.6) is 5.75 Å². The number of aliphatic hydroxyl groups excluding tert-OH is 4. The smallest absolute Gasteiger partial charge is 0.404 e. The molecule has 3 rings (SSSR count). The molecule has 2 heterocycles. The number of ether oxygens (including phenoxy) is 1. The molecule has 1 aromatic rings. The van der Waals surface area contributed by atoms with Crippen molar-refractivity contribution < 1.29 is 38.3 Å². The molecule has 0 aliphatic carbocycles. The summed E-state index contributed by atoms with van der Waals surface area (Å²) in [5, 5.41) is 39.3. The van der Waals surface area contributed by atoms with Crippen LogP contribution in [0.4, 0.5) is 18.9 Å². The van der Waals surface area contributed by atoms with Gasteiger partial charge in [0.2, 0.25) is 0 Å². The average molecular weight is 406 g/mol. The molecule has 2 fully saturated rings.